The first kappa shape index (κ1) is 28.6. The number of aliphatic hydroxyl groups excluding tert-OH is 1. The number of aliphatic hydroxyl groups is 1. The van der Waals surface area contributed by atoms with Gasteiger partial charge in [-0.15, -0.1) is 0 Å². The number of phenolic OH excluding ortho intramolecular Hbond substituents is 2. The molecule has 1 aromatic carbocycles. The molecule has 1 aliphatic heterocycles. The number of ether oxygens (including phenoxy) is 1. The molecule has 0 aromatic heterocycles. The molecule has 0 bridgehead atoms. The second kappa shape index (κ2) is 9.24. The summed E-state index contributed by atoms with van der Waals surface area (Å²) in [4.78, 5) is 0. The molecule has 4 nitrogen and oxygen atoms in total. The number of hydrogen-bond donors (Lipinski definition) is 3. The molecule has 1 saturated heterocycles. The third-order valence-electron chi connectivity index (χ3n) is 13.9. The molecule has 10 unspecified atom stereocenters. The van der Waals surface area contributed by atoms with Gasteiger partial charge in [-0.2, -0.15) is 0 Å². The van der Waals surface area contributed by atoms with Crippen molar-refractivity contribution in [2.24, 2.45) is 34.0 Å². The Morgan fingerprint density at radius 1 is 0.825 bits per heavy atom. The van der Waals surface area contributed by atoms with Crippen LogP contribution in [0.4, 0.5) is 0 Å². The molecule has 5 aliphatic rings. The van der Waals surface area contributed by atoms with Gasteiger partial charge in [-0.1, -0.05) is 39.3 Å². The number of hydrogen-bond acceptors (Lipinski definition) is 4. The van der Waals surface area contributed by atoms with Gasteiger partial charge in [0.1, 0.15) is 11.5 Å². The van der Waals surface area contributed by atoms with Gasteiger partial charge in [-0.05, 0) is 138 Å². The van der Waals surface area contributed by atoms with Gasteiger partial charge in [-0.25, -0.2) is 0 Å². The van der Waals surface area contributed by atoms with Crippen molar-refractivity contribution in [3.8, 4) is 11.5 Å². The van der Waals surface area contributed by atoms with E-state index in [1.807, 2.05) is 0 Å². The van der Waals surface area contributed by atoms with E-state index in [9.17, 15) is 15.3 Å². The summed E-state index contributed by atoms with van der Waals surface area (Å²) < 4.78 is 7.07. The van der Waals surface area contributed by atoms with Crippen molar-refractivity contribution in [2.75, 3.05) is 0 Å². The molecule has 4 heteroatoms. The highest BCUT2D eigenvalue weighted by Crippen LogP contribution is 2.74. The van der Waals surface area contributed by atoms with Crippen molar-refractivity contribution in [3.05, 3.63) is 34.9 Å². The number of phenols is 2. The van der Waals surface area contributed by atoms with Gasteiger partial charge in [0.25, 0.3) is 0 Å². The van der Waals surface area contributed by atoms with Gasteiger partial charge >= 0.3 is 0 Å². The molecule has 1 aromatic rings. The first-order chi connectivity index (χ1) is 18.7. The van der Waals surface area contributed by atoms with Gasteiger partial charge in [0.2, 0.25) is 0 Å². The van der Waals surface area contributed by atoms with Gasteiger partial charge in [-0.3, -0.25) is 0 Å². The van der Waals surface area contributed by atoms with E-state index in [2.05, 4.69) is 54.5 Å². The summed E-state index contributed by atoms with van der Waals surface area (Å²) in [7, 11) is 0. The third kappa shape index (κ3) is 3.83. The third-order valence-corrected chi connectivity index (χ3v) is 13.9. The predicted molar refractivity (Wildman–Crippen MR) is 161 cm³/mol. The lowest BCUT2D eigenvalue weighted by molar-refractivity contribution is -0.236. The maximum atomic E-state index is 11.4. The molecule has 0 spiro atoms. The van der Waals surface area contributed by atoms with E-state index >= 15 is 0 Å². The Bertz CT molecular complexity index is 1200. The highest BCUT2D eigenvalue weighted by molar-refractivity contribution is 5.56. The minimum atomic E-state index is -0.489. The largest absolute Gasteiger partial charge is 0.508 e. The summed E-state index contributed by atoms with van der Waals surface area (Å²) in [6.45, 7) is 16.5. The first-order valence-electron chi connectivity index (χ1n) is 16.2. The summed E-state index contributed by atoms with van der Waals surface area (Å²) in [6, 6.07) is 3.38. The highest BCUT2D eigenvalue weighted by Gasteiger charge is 2.68. The van der Waals surface area contributed by atoms with Crippen LogP contribution >= 0.6 is 0 Å². The number of allylic oxidation sites excluding steroid dienone is 2. The summed E-state index contributed by atoms with van der Waals surface area (Å²) in [5, 5.41) is 33.2. The lowest BCUT2D eigenvalue weighted by Gasteiger charge is -2.69. The molecule has 3 N–H and O–H groups in total. The van der Waals surface area contributed by atoms with Crippen LogP contribution in [0.3, 0.4) is 0 Å². The second-order valence-electron chi connectivity index (χ2n) is 16.2. The molecular weight excluding hydrogens is 496 g/mol. The number of fused-ring (bicyclic) bond motifs is 9. The number of aromatic hydroxyl groups is 2. The zero-order valence-electron chi connectivity index (χ0n) is 26.1. The van der Waals surface area contributed by atoms with Crippen LogP contribution in [0.15, 0.2) is 23.8 Å². The zero-order chi connectivity index (χ0) is 28.9. The lowest BCUT2D eigenvalue weighted by Crippen LogP contribution is -2.64. The van der Waals surface area contributed by atoms with E-state index < -0.39 is 11.7 Å². The van der Waals surface area contributed by atoms with E-state index in [1.165, 1.54) is 31.3 Å². The predicted octanol–water partition coefficient (Wildman–Crippen LogP) is 8.21. The molecule has 222 valence electrons. The summed E-state index contributed by atoms with van der Waals surface area (Å²) in [5.41, 5.74) is 3.25. The Morgan fingerprint density at radius 3 is 2.15 bits per heavy atom. The molecule has 6 rings (SSSR count). The van der Waals surface area contributed by atoms with Crippen molar-refractivity contribution in [2.45, 2.75) is 142 Å². The average Bonchev–Trinajstić information content (AvgIpc) is 3.17. The normalized spacial score (nSPS) is 47.6. The lowest BCUT2D eigenvalue weighted by atomic mass is 9.36. The van der Waals surface area contributed by atoms with Gasteiger partial charge in [0.15, 0.2) is 0 Å². The van der Waals surface area contributed by atoms with Crippen LogP contribution in [0.25, 0.3) is 0 Å². The van der Waals surface area contributed by atoms with Gasteiger partial charge in [0.05, 0.1) is 17.8 Å². The quantitative estimate of drug-likeness (QED) is 0.262. The van der Waals surface area contributed by atoms with Crippen LogP contribution in [-0.2, 0) is 16.6 Å². The van der Waals surface area contributed by atoms with Crippen molar-refractivity contribution in [1.29, 1.82) is 0 Å². The standard InChI is InChI=1S/C36H54O4/c1-22(2)9-8-16-36(7)29(39)14-19-34(5)27-12-17-33(4)26(32(27,3)20-15-30(34)40-36)13-18-35(6)28(33)21-23-24(37)10-11-25(38)31(23)35/h9-11,26-30,37-39H,8,12-21H2,1-7H3. The van der Waals surface area contributed by atoms with E-state index in [0.29, 0.717) is 29.3 Å². The molecule has 0 amide bonds. The SMILES string of the molecule is CC(C)=CCCC1(C)OC2CCC3(C)C(CCC4(C)C5Cc6c(O)ccc(O)c6C5(C)CCC43)C2(C)CCC1O. The van der Waals surface area contributed by atoms with Crippen molar-refractivity contribution in [1.82, 2.24) is 0 Å². The summed E-state index contributed by atoms with van der Waals surface area (Å²) >= 11 is 0. The molecule has 4 fully saturated rings. The van der Waals surface area contributed by atoms with Gasteiger partial charge < -0.3 is 20.1 Å². The molecule has 0 radical (unpaired) electrons. The maximum Gasteiger partial charge on any atom is 0.119 e. The molecule has 1 heterocycles. The van der Waals surface area contributed by atoms with E-state index in [-0.39, 0.29) is 27.8 Å². The first-order valence-corrected chi connectivity index (χ1v) is 16.2. The molecule has 40 heavy (non-hydrogen) atoms. The fourth-order valence-electron chi connectivity index (χ4n) is 11.8. The molecular formula is C36H54O4. The minimum absolute atomic E-state index is 0.0690. The average molecular weight is 551 g/mol. The fraction of sp³-hybridized carbons (Fsp3) is 0.778. The summed E-state index contributed by atoms with van der Waals surface area (Å²) in [6.07, 6.45) is 13.5. The minimum Gasteiger partial charge on any atom is -0.508 e. The van der Waals surface area contributed by atoms with E-state index in [1.54, 1.807) is 12.1 Å². The van der Waals surface area contributed by atoms with Crippen molar-refractivity contribution >= 4 is 0 Å². The summed E-state index contributed by atoms with van der Waals surface area (Å²) in [5.74, 6) is 2.36. The van der Waals surface area contributed by atoms with Crippen LogP contribution in [0.1, 0.15) is 124 Å². The van der Waals surface area contributed by atoms with Crippen molar-refractivity contribution in [3.63, 3.8) is 0 Å². The number of rotatable bonds is 3. The Hall–Kier alpha value is -1.52. The zero-order valence-corrected chi connectivity index (χ0v) is 26.1. The van der Waals surface area contributed by atoms with Crippen molar-refractivity contribution < 1.29 is 20.1 Å². The Kier molecular flexibility index (Phi) is 6.60. The Balaban J connectivity index is 1.31. The highest BCUT2D eigenvalue weighted by atomic mass is 16.5. The van der Waals surface area contributed by atoms with Crippen LogP contribution in [0.5, 0.6) is 11.5 Å². The smallest absolute Gasteiger partial charge is 0.119 e. The van der Waals surface area contributed by atoms with E-state index in [0.717, 1.165) is 56.1 Å². The monoisotopic (exact) mass is 550 g/mol. The van der Waals surface area contributed by atoms with Crippen LogP contribution in [-0.4, -0.2) is 33.1 Å². The second-order valence-corrected chi connectivity index (χ2v) is 16.2. The number of benzene rings is 1. The Morgan fingerprint density at radius 2 is 1.43 bits per heavy atom. The Labute approximate surface area is 242 Å². The maximum absolute atomic E-state index is 11.4. The van der Waals surface area contributed by atoms with Gasteiger partial charge in [0, 0.05) is 16.5 Å². The molecule has 3 saturated carbocycles. The van der Waals surface area contributed by atoms with E-state index in [4.69, 9.17) is 4.74 Å². The molecule has 4 aliphatic carbocycles. The molecule has 10 atom stereocenters. The topological polar surface area (TPSA) is 69.9 Å². The fourth-order valence-corrected chi connectivity index (χ4v) is 11.8. The van der Waals surface area contributed by atoms with Crippen LogP contribution in [0.2, 0.25) is 0 Å². The van der Waals surface area contributed by atoms with Crippen LogP contribution < -0.4 is 0 Å². The van der Waals surface area contributed by atoms with Crippen LogP contribution in [0, 0.1) is 34.0 Å².